The fraction of sp³-hybridized carbons (Fsp3) is 0.833. The van der Waals surface area contributed by atoms with Gasteiger partial charge >= 0.3 is 0 Å². The Morgan fingerprint density at radius 3 is 3.12 bits per heavy atom. The first-order chi connectivity index (χ1) is 8.13. The van der Waals surface area contributed by atoms with Crippen LogP contribution in [0.3, 0.4) is 0 Å². The van der Waals surface area contributed by atoms with Crippen molar-refractivity contribution in [3.8, 4) is 0 Å². The van der Waals surface area contributed by atoms with Crippen LogP contribution in [0, 0.1) is 5.92 Å². The number of ether oxygens (including phenoxy) is 1. The topological polar surface area (TPSA) is 60.2 Å². The number of nitrogens with zero attached hydrogens (tertiary/aromatic N) is 3. The van der Waals surface area contributed by atoms with E-state index in [1.807, 2.05) is 11.6 Å². The van der Waals surface area contributed by atoms with E-state index < -0.39 is 5.60 Å². The lowest BCUT2D eigenvalue weighted by Crippen LogP contribution is -2.38. The Kier molecular flexibility index (Phi) is 3.79. The number of hydrogen-bond acceptors (Lipinski definition) is 4. The maximum atomic E-state index is 10.5. The molecular formula is C12H21N3O2. The first kappa shape index (κ1) is 12.5. The number of aryl methyl sites for hydroxylation is 1. The minimum Gasteiger partial charge on any atom is -0.389 e. The third-order valence-corrected chi connectivity index (χ3v) is 3.46. The third-order valence-electron chi connectivity index (χ3n) is 3.46. The van der Waals surface area contributed by atoms with Crippen LogP contribution in [-0.2, 0) is 17.7 Å². The molecule has 1 aromatic rings. The summed E-state index contributed by atoms with van der Waals surface area (Å²) < 4.78 is 7.22. The van der Waals surface area contributed by atoms with Crippen LogP contribution in [0.1, 0.15) is 32.5 Å². The van der Waals surface area contributed by atoms with E-state index in [0.717, 1.165) is 31.8 Å². The van der Waals surface area contributed by atoms with Gasteiger partial charge in [-0.05, 0) is 19.8 Å². The van der Waals surface area contributed by atoms with Gasteiger partial charge in [0.15, 0.2) is 0 Å². The molecule has 1 aromatic heterocycles. The fourth-order valence-electron chi connectivity index (χ4n) is 2.31. The van der Waals surface area contributed by atoms with Crippen molar-refractivity contribution in [2.24, 2.45) is 5.92 Å². The SMILES string of the molecule is CCCn1ncnc1CC(C)(O)C1CCOC1. The monoisotopic (exact) mass is 239 g/mol. The van der Waals surface area contributed by atoms with Gasteiger partial charge in [-0.1, -0.05) is 6.92 Å². The lowest BCUT2D eigenvalue weighted by Gasteiger charge is -2.28. The molecule has 0 bridgehead atoms. The maximum Gasteiger partial charge on any atom is 0.138 e. The van der Waals surface area contributed by atoms with Gasteiger partial charge in [-0.25, -0.2) is 4.98 Å². The fourth-order valence-corrected chi connectivity index (χ4v) is 2.31. The van der Waals surface area contributed by atoms with Gasteiger partial charge in [0.1, 0.15) is 12.2 Å². The summed E-state index contributed by atoms with van der Waals surface area (Å²) in [6.45, 7) is 6.23. The van der Waals surface area contributed by atoms with Gasteiger partial charge in [-0.3, -0.25) is 4.68 Å². The molecule has 0 spiro atoms. The summed E-state index contributed by atoms with van der Waals surface area (Å²) >= 11 is 0. The summed E-state index contributed by atoms with van der Waals surface area (Å²) in [5.41, 5.74) is -0.755. The van der Waals surface area contributed by atoms with Gasteiger partial charge < -0.3 is 9.84 Å². The van der Waals surface area contributed by atoms with E-state index in [9.17, 15) is 5.11 Å². The van der Waals surface area contributed by atoms with Crippen LogP contribution in [0.15, 0.2) is 6.33 Å². The molecule has 1 fully saturated rings. The highest BCUT2D eigenvalue weighted by molar-refractivity contribution is 4.96. The Hall–Kier alpha value is -0.940. The van der Waals surface area contributed by atoms with Crippen LogP contribution in [0.5, 0.6) is 0 Å². The van der Waals surface area contributed by atoms with Crippen molar-refractivity contribution in [1.82, 2.24) is 14.8 Å². The molecule has 2 heterocycles. The number of aromatic nitrogens is 3. The third kappa shape index (κ3) is 2.84. The minimum atomic E-state index is -0.755. The lowest BCUT2D eigenvalue weighted by molar-refractivity contribution is -0.00696. The van der Waals surface area contributed by atoms with Crippen LogP contribution in [-0.4, -0.2) is 38.7 Å². The van der Waals surface area contributed by atoms with Crippen molar-refractivity contribution in [3.63, 3.8) is 0 Å². The standard InChI is InChI=1S/C12H21N3O2/c1-3-5-15-11(13-9-14-15)7-12(2,16)10-4-6-17-8-10/h9-10,16H,3-8H2,1-2H3. The summed E-state index contributed by atoms with van der Waals surface area (Å²) in [6, 6.07) is 0. The first-order valence-electron chi connectivity index (χ1n) is 6.30. The zero-order chi connectivity index (χ0) is 12.3. The molecule has 2 atom stereocenters. The first-order valence-corrected chi connectivity index (χ1v) is 6.30. The van der Waals surface area contributed by atoms with Crippen molar-refractivity contribution < 1.29 is 9.84 Å². The van der Waals surface area contributed by atoms with Crippen molar-refractivity contribution >= 4 is 0 Å². The van der Waals surface area contributed by atoms with E-state index in [-0.39, 0.29) is 5.92 Å². The molecule has 0 aromatic carbocycles. The smallest absolute Gasteiger partial charge is 0.138 e. The highest BCUT2D eigenvalue weighted by atomic mass is 16.5. The van der Waals surface area contributed by atoms with Crippen molar-refractivity contribution in [2.75, 3.05) is 13.2 Å². The van der Waals surface area contributed by atoms with Gasteiger partial charge in [0.2, 0.25) is 0 Å². The molecule has 5 nitrogen and oxygen atoms in total. The van der Waals surface area contributed by atoms with E-state index in [0.29, 0.717) is 13.0 Å². The van der Waals surface area contributed by atoms with Crippen molar-refractivity contribution in [1.29, 1.82) is 0 Å². The number of aliphatic hydroxyl groups is 1. The quantitative estimate of drug-likeness (QED) is 0.833. The van der Waals surface area contributed by atoms with Crippen LogP contribution >= 0.6 is 0 Å². The second kappa shape index (κ2) is 5.14. The molecule has 1 saturated heterocycles. The van der Waals surface area contributed by atoms with Crippen molar-refractivity contribution in [3.05, 3.63) is 12.2 Å². The van der Waals surface area contributed by atoms with E-state index in [4.69, 9.17) is 4.74 Å². The lowest BCUT2D eigenvalue weighted by atomic mass is 9.85. The van der Waals surface area contributed by atoms with Crippen LogP contribution < -0.4 is 0 Å². The molecule has 0 amide bonds. The number of rotatable bonds is 5. The van der Waals surface area contributed by atoms with Gasteiger partial charge in [-0.2, -0.15) is 5.10 Å². The Morgan fingerprint density at radius 1 is 1.65 bits per heavy atom. The predicted molar refractivity (Wildman–Crippen MR) is 63.6 cm³/mol. The molecule has 1 N–H and O–H groups in total. The summed E-state index contributed by atoms with van der Waals surface area (Å²) in [5, 5.41) is 14.7. The zero-order valence-corrected chi connectivity index (χ0v) is 10.6. The average molecular weight is 239 g/mol. The predicted octanol–water partition coefficient (Wildman–Crippen LogP) is 1.02. The van der Waals surface area contributed by atoms with Gasteiger partial charge in [0.25, 0.3) is 0 Å². The highest BCUT2D eigenvalue weighted by Gasteiger charge is 2.36. The second-order valence-electron chi connectivity index (χ2n) is 4.99. The highest BCUT2D eigenvalue weighted by Crippen LogP contribution is 2.28. The molecule has 96 valence electrons. The van der Waals surface area contributed by atoms with Crippen LogP contribution in [0.25, 0.3) is 0 Å². The molecule has 5 heteroatoms. The second-order valence-corrected chi connectivity index (χ2v) is 4.99. The minimum absolute atomic E-state index is 0.203. The summed E-state index contributed by atoms with van der Waals surface area (Å²) in [5.74, 6) is 1.07. The molecule has 17 heavy (non-hydrogen) atoms. The Labute approximate surface area is 102 Å². The molecule has 0 saturated carbocycles. The van der Waals surface area contributed by atoms with E-state index in [1.54, 1.807) is 6.33 Å². The van der Waals surface area contributed by atoms with Gasteiger partial charge in [-0.15, -0.1) is 0 Å². The largest absolute Gasteiger partial charge is 0.389 e. The van der Waals surface area contributed by atoms with E-state index in [1.165, 1.54) is 0 Å². The summed E-state index contributed by atoms with van der Waals surface area (Å²) in [6.07, 6.45) is 4.05. The molecule has 2 unspecified atom stereocenters. The van der Waals surface area contributed by atoms with Gasteiger partial charge in [0.05, 0.1) is 12.2 Å². The normalized spacial score (nSPS) is 23.8. The van der Waals surface area contributed by atoms with Crippen molar-refractivity contribution in [2.45, 2.75) is 45.3 Å². The molecule has 1 aliphatic heterocycles. The summed E-state index contributed by atoms with van der Waals surface area (Å²) in [4.78, 5) is 4.24. The summed E-state index contributed by atoms with van der Waals surface area (Å²) in [7, 11) is 0. The van der Waals surface area contributed by atoms with Gasteiger partial charge in [0, 0.05) is 25.5 Å². The maximum absolute atomic E-state index is 10.5. The van der Waals surface area contributed by atoms with Crippen LogP contribution in [0.4, 0.5) is 0 Å². The zero-order valence-electron chi connectivity index (χ0n) is 10.6. The van der Waals surface area contributed by atoms with Crippen LogP contribution in [0.2, 0.25) is 0 Å². The molecular weight excluding hydrogens is 218 g/mol. The Morgan fingerprint density at radius 2 is 2.47 bits per heavy atom. The van der Waals surface area contributed by atoms with E-state index in [2.05, 4.69) is 17.0 Å². The average Bonchev–Trinajstić information content (AvgIpc) is 2.90. The molecule has 0 radical (unpaired) electrons. The molecule has 1 aliphatic rings. The molecule has 0 aliphatic carbocycles. The number of hydrogen-bond donors (Lipinski definition) is 1. The molecule has 2 rings (SSSR count). The van der Waals surface area contributed by atoms with E-state index >= 15 is 0 Å². The Bertz CT molecular complexity index is 356. The Balaban J connectivity index is 2.05.